The number of carbonyl (C=O) groups is 2. The van der Waals surface area contributed by atoms with E-state index in [1.807, 2.05) is 0 Å². The maximum absolute atomic E-state index is 13.7. The van der Waals surface area contributed by atoms with E-state index in [2.05, 4.69) is 15.4 Å². The molecule has 0 bridgehead atoms. The van der Waals surface area contributed by atoms with Gasteiger partial charge in [-0.3, -0.25) is 10.1 Å². The average molecular weight is 444 g/mol. The largest absolute Gasteiger partial charge is 0.444 e. The molecule has 0 aliphatic carbocycles. The SMILES string of the molecule is CC(NS(=O)(=O)c1cccs1)C(=O)Nc1cc(F)ccc1NC(=O)OC(C)(C)C. The molecule has 1 aromatic heterocycles. The van der Waals surface area contributed by atoms with Gasteiger partial charge in [0.05, 0.1) is 17.4 Å². The number of anilines is 2. The minimum absolute atomic E-state index is 0.0389. The minimum Gasteiger partial charge on any atom is -0.444 e. The number of benzene rings is 1. The molecule has 0 saturated carbocycles. The van der Waals surface area contributed by atoms with Gasteiger partial charge in [-0.15, -0.1) is 11.3 Å². The standard InChI is InChI=1S/C18H22FN3O5S2/c1-11(22-29(25,26)15-6-5-9-28-15)16(23)20-14-10-12(19)7-8-13(14)21-17(24)27-18(2,3)4/h5-11,22H,1-4H3,(H,20,23)(H,21,24). The summed E-state index contributed by atoms with van der Waals surface area (Å²) in [6, 6.07) is 5.20. The highest BCUT2D eigenvalue weighted by atomic mass is 32.2. The van der Waals surface area contributed by atoms with Gasteiger partial charge in [0.25, 0.3) is 10.0 Å². The van der Waals surface area contributed by atoms with Crippen molar-refractivity contribution in [3.8, 4) is 0 Å². The smallest absolute Gasteiger partial charge is 0.412 e. The van der Waals surface area contributed by atoms with Gasteiger partial charge in [0.2, 0.25) is 5.91 Å². The van der Waals surface area contributed by atoms with Crippen LogP contribution in [-0.2, 0) is 19.6 Å². The van der Waals surface area contributed by atoms with E-state index in [4.69, 9.17) is 4.74 Å². The molecule has 2 amide bonds. The minimum atomic E-state index is -3.87. The summed E-state index contributed by atoms with van der Waals surface area (Å²) in [5.41, 5.74) is -0.687. The zero-order chi connectivity index (χ0) is 21.8. The number of carbonyl (C=O) groups excluding carboxylic acids is 2. The first kappa shape index (κ1) is 22.8. The molecule has 1 atom stereocenters. The second kappa shape index (κ2) is 8.89. The van der Waals surface area contributed by atoms with E-state index in [-0.39, 0.29) is 15.6 Å². The number of rotatable bonds is 6. The average Bonchev–Trinajstić information content (AvgIpc) is 3.10. The van der Waals surface area contributed by atoms with Gasteiger partial charge in [-0.05, 0) is 57.3 Å². The van der Waals surface area contributed by atoms with E-state index in [0.717, 1.165) is 23.5 Å². The van der Waals surface area contributed by atoms with Crippen LogP contribution in [0.2, 0.25) is 0 Å². The molecule has 1 unspecified atom stereocenters. The highest BCUT2D eigenvalue weighted by Gasteiger charge is 2.24. The van der Waals surface area contributed by atoms with Crippen LogP contribution in [0.4, 0.5) is 20.6 Å². The third-order valence-electron chi connectivity index (χ3n) is 3.36. The lowest BCUT2D eigenvalue weighted by Crippen LogP contribution is -2.41. The Kier molecular flexibility index (Phi) is 6.98. The van der Waals surface area contributed by atoms with E-state index in [1.165, 1.54) is 19.1 Å². The molecule has 0 radical (unpaired) electrons. The second-order valence-electron chi connectivity index (χ2n) is 7.08. The molecule has 158 valence electrons. The van der Waals surface area contributed by atoms with Crippen molar-refractivity contribution in [1.82, 2.24) is 4.72 Å². The first-order valence-corrected chi connectivity index (χ1v) is 10.9. The molecule has 0 fully saturated rings. The first-order valence-electron chi connectivity index (χ1n) is 8.53. The predicted octanol–water partition coefficient (Wildman–Crippen LogP) is 3.54. The first-order chi connectivity index (χ1) is 13.4. The number of hydrogen-bond acceptors (Lipinski definition) is 6. The van der Waals surface area contributed by atoms with Gasteiger partial charge < -0.3 is 10.1 Å². The molecule has 0 saturated heterocycles. The maximum atomic E-state index is 13.7. The fourth-order valence-electron chi connectivity index (χ4n) is 2.14. The van der Waals surface area contributed by atoms with Gasteiger partial charge >= 0.3 is 6.09 Å². The number of sulfonamides is 1. The number of halogens is 1. The van der Waals surface area contributed by atoms with Crippen LogP contribution in [0.1, 0.15) is 27.7 Å². The van der Waals surface area contributed by atoms with Crippen LogP contribution in [-0.4, -0.2) is 32.1 Å². The second-order valence-corrected chi connectivity index (χ2v) is 9.97. The van der Waals surface area contributed by atoms with Crippen molar-refractivity contribution in [3.63, 3.8) is 0 Å². The summed E-state index contributed by atoms with van der Waals surface area (Å²) >= 11 is 1.01. The molecular weight excluding hydrogens is 421 g/mol. The summed E-state index contributed by atoms with van der Waals surface area (Å²) in [4.78, 5) is 24.4. The molecule has 1 aromatic carbocycles. The Morgan fingerprint density at radius 3 is 2.41 bits per heavy atom. The monoisotopic (exact) mass is 443 g/mol. The van der Waals surface area contributed by atoms with Crippen molar-refractivity contribution in [2.45, 2.75) is 43.5 Å². The number of ether oxygens (including phenoxy) is 1. The van der Waals surface area contributed by atoms with Crippen LogP contribution >= 0.6 is 11.3 Å². The lowest BCUT2D eigenvalue weighted by Gasteiger charge is -2.21. The molecule has 8 nitrogen and oxygen atoms in total. The summed E-state index contributed by atoms with van der Waals surface area (Å²) in [5.74, 6) is -1.38. The lowest BCUT2D eigenvalue weighted by atomic mass is 10.2. The highest BCUT2D eigenvalue weighted by Crippen LogP contribution is 2.24. The van der Waals surface area contributed by atoms with Crippen LogP contribution in [0.15, 0.2) is 39.9 Å². The molecule has 0 spiro atoms. The van der Waals surface area contributed by atoms with Gasteiger partial charge in [-0.2, -0.15) is 4.72 Å². The summed E-state index contributed by atoms with van der Waals surface area (Å²) in [6.45, 7) is 6.39. The Morgan fingerprint density at radius 2 is 1.83 bits per heavy atom. The van der Waals surface area contributed by atoms with Gasteiger partial charge in [0, 0.05) is 0 Å². The van der Waals surface area contributed by atoms with Crippen LogP contribution < -0.4 is 15.4 Å². The molecule has 1 heterocycles. The molecule has 2 rings (SSSR count). The van der Waals surface area contributed by atoms with Crippen molar-refractivity contribution in [1.29, 1.82) is 0 Å². The Bertz CT molecular complexity index is 985. The van der Waals surface area contributed by atoms with Crippen molar-refractivity contribution in [2.24, 2.45) is 0 Å². The summed E-state index contributed by atoms with van der Waals surface area (Å²) < 4.78 is 45.6. The van der Waals surface area contributed by atoms with Crippen LogP contribution in [0.25, 0.3) is 0 Å². The highest BCUT2D eigenvalue weighted by molar-refractivity contribution is 7.91. The van der Waals surface area contributed by atoms with Crippen molar-refractivity contribution in [3.05, 3.63) is 41.5 Å². The number of thiophene rings is 1. The van der Waals surface area contributed by atoms with Gasteiger partial charge in [-0.25, -0.2) is 17.6 Å². The number of nitrogens with one attached hydrogen (secondary N) is 3. The molecule has 11 heteroatoms. The third-order valence-corrected chi connectivity index (χ3v) is 6.30. The Balaban J connectivity index is 2.13. The Hall–Kier alpha value is -2.50. The maximum Gasteiger partial charge on any atom is 0.412 e. The number of amides is 2. The summed E-state index contributed by atoms with van der Waals surface area (Å²) in [7, 11) is -3.87. The topological polar surface area (TPSA) is 114 Å². The predicted molar refractivity (Wildman–Crippen MR) is 109 cm³/mol. The molecule has 3 N–H and O–H groups in total. The Morgan fingerprint density at radius 1 is 1.14 bits per heavy atom. The van der Waals surface area contributed by atoms with E-state index < -0.39 is 39.5 Å². The van der Waals surface area contributed by atoms with Crippen LogP contribution in [0, 0.1) is 5.82 Å². The third kappa shape index (κ3) is 6.80. The van der Waals surface area contributed by atoms with E-state index in [0.29, 0.717) is 0 Å². The quantitative estimate of drug-likeness (QED) is 0.632. The van der Waals surface area contributed by atoms with Crippen molar-refractivity contribution >= 4 is 44.7 Å². The van der Waals surface area contributed by atoms with Crippen LogP contribution in [0.5, 0.6) is 0 Å². The van der Waals surface area contributed by atoms with E-state index in [1.54, 1.807) is 32.2 Å². The fourth-order valence-corrected chi connectivity index (χ4v) is 4.36. The van der Waals surface area contributed by atoms with E-state index >= 15 is 0 Å². The summed E-state index contributed by atoms with van der Waals surface area (Å²) in [6.07, 6.45) is -0.786. The van der Waals surface area contributed by atoms with E-state index in [9.17, 15) is 22.4 Å². The zero-order valence-corrected chi connectivity index (χ0v) is 17.9. The van der Waals surface area contributed by atoms with Crippen molar-refractivity contribution < 1.29 is 27.1 Å². The van der Waals surface area contributed by atoms with Gasteiger partial charge in [0.1, 0.15) is 15.6 Å². The molecule has 0 aliphatic rings. The normalized spacial score (nSPS) is 12.9. The summed E-state index contributed by atoms with van der Waals surface area (Å²) in [5, 5.41) is 6.44. The fraction of sp³-hybridized carbons (Fsp3) is 0.333. The zero-order valence-electron chi connectivity index (χ0n) is 16.3. The molecule has 29 heavy (non-hydrogen) atoms. The number of hydrogen-bond donors (Lipinski definition) is 3. The van der Waals surface area contributed by atoms with Gasteiger partial charge in [-0.1, -0.05) is 6.07 Å². The molecule has 2 aromatic rings. The molecule has 0 aliphatic heterocycles. The van der Waals surface area contributed by atoms with Crippen LogP contribution in [0.3, 0.4) is 0 Å². The Labute approximate surface area is 172 Å². The van der Waals surface area contributed by atoms with Gasteiger partial charge in [0.15, 0.2) is 0 Å². The molecular formula is C18H22FN3O5S2. The lowest BCUT2D eigenvalue weighted by molar-refractivity contribution is -0.117. The van der Waals surface area contributed by atoms with Crippen molar-refractivity contribution in [2.75, 3.05) is 10.6 Å².